The maximum Gasteiger partial charge on any atom is 0.354 e. The molecule has 0 radical (unpaired) electrons. The topological polar surface area (TPSA) is 94.0 Å². The maximum atomic E-state index is 10.9. The predicted molar refractivity (Wildman–Crippen MR) is 49.9 cm³/mol. The van der Waals surface area contributed by atoms with Gasteiger partial charge >= 0.3 is 5.97 Å². The molecule has 0 atom stereocenters. The van der Waals surface area contributed by atoms with Gasteiger partial charge in [-0.2, -0.15) is 0 Å². The molecule has 2 heterocycles. The summed E-state index contributed by atoms with van der Waals surface area (Å²) in [7, 11) is 1.61. The number of fused-ring (bicyclic) bond motifs is 1. The highest BCUT2D eigenvalue weighted by Crippen LogP contribution is 2.24. The van der Waals surface area contributed by atoms with E-state index in [0.717, 1.165) is 0 Å². The lowest BCUT2D eigenvalue weighted by Crippen LogP contribution is -2.07. The number of aromatic nitrogens is 3. The number of rotatable bonds is 1. The molecule has 0 saturated heterocycles. The first-order valence-corrected chi connectivity index (χ1v) is 3.90. The zero-order chi connectivity index (χ0) is 10.3. The van der Waals surface area contributed by atoms with E-state index in [1.165, 1.54) is 17.1 Å². The van der Waals surface area contributed by atoms with Gasteiger partial charge in [-0.3, -0.25) is 0 Å². The van der Waals surface area contributed by atoms with E-state index in [4.69, 9.17) is 10.8 Å². The van der Waals surface area contributed by atoms with Crippen molar-refractivity contribution >= 4 is 22.7 Å². The van der Waals surface area contributed by atoms with Crippen molar-refractivity contribution in [2.24, 2.45) is 7.05 Å². The van der Waals surface area contributed by atoms with Crippen molar-refractivity contribution in [3.63, 3.8) is 0 Å². The van der Waals surface area contributed by atoms with Crippen LogP contribution in [-0.2, 0) is 7.05 Å². The number of hydrogen-bond donors (Lipinski definition) is 2. The lowest BCUT2D eigenvalue weighted by molar-refractivity contribution is 0.0688. The minimum atomic E-state index is -1.07. The Morgan fingerprint density at radius 2 is 2.36 bits per heavy atom. The number of carbonyl (C=O) groups is 1. The SMILES string of the molecule is Cn1c(C(=O)O)c(N)c2cncnc21. The second-order valence-corrected chi connectivity index (χ2v) is 2.89. The Bertz CT molecular complexity index is 478. The van der Waals surface area contributed by atoms with Crippen molar-refractivity contribution in [2.45, 2.75) is 0 Å². The van der Waals surface area contributed by atoms with Gasteiger partial charge in [0.25, 0.3) is 0 Å². The van der Waals surface area contributed by atoms with Gasteiger partial charge in [0, 0.05) is 13.2 Å². The normalized spacial score (nSPS) is 10.6. The van der Waals surface area contributed by atoms with Gasteiger partial charge in [-0.05, 0) is 0 Å². The van der Waals surface area contributed by atoms with Crippen LogP contribution in [-0.4, -0.2) is 25.6 Å². The van der Waals surface area contributed by atoms with Gasteiger partial charge in [-0.25, -0.2) is 14.8 Å². The summed E-state index contributed by atoms with van der Waals surface area (Å²) in [6.07, 6.45) is 2.86. The Balaban J connectivity index is 2.92. The first kappa shape index (κ1) is 8.49. The third-order valence-corrected chi connectivity index (χ3v) is 2.09. The van der Waals surface area contributed by atoms with Gasteiger partial charge in [-0.1, -0.05) is 0 Å². The molecule has 6 heteroatoms. The summed E-state index contributed by atoms with van der Waals surface area (Å²) in [4.78, 5) is 18.6. The number of nitrogens with zero attached hydrogens (tertiary/aromatic N) is 3. The van der Waals surface area contributed by atoms with Crippen LogP contribution in [0.1, 0.15) is 10.5 Å². The number of aromatic carboxylic acids is 1. The third kappa shape index (κ3) is 0.936. The first-order valence-electron chi connectivity index (χ1n) is 3.90. The molecule has 2 aromatic rings. The third-order valence-electron chi connectivity index (χ3n) is 2.09. The van der Waals surface area contributed by atoms with E-state index in [0.29, 0.717) is 11.0 Å². The van der Waals surface area contributed by atoms with Crippen molar-refractivity contribution < 1.29 is 9.90 Å². The van der Waals surface area contributed by atoms with Crippen LogP contribution < -0.4 is 5.73 Å². The van der Waals surface area contributed by atoms with Gasteiger partial charge in [0.1, 0.15) is 12.0 Å². The fourth-order valence-corrected chi connectivity index (χ4v) is 1.45. The van der Waals surface area contributed by atoms with E-state index in [-0.39, 0.29) is 11.4 Å². The highest BCUT2D eigenvalue weighted by atomic mass is 16.4. The van der Waals surface area contributed by atoms with Crippen LogP contribution in [0.4, 0.5) is 5.69 Å². The molecule has 0 unspecified atom stereocenters. The number of carboxylic acids is 1. The molecule has 2 rings (SSSR count). The van der Waals surface area contributed by atoms with Crippen LogP contribution in [0.3, 0.4) is 0 Å². The Labute approximate surface area is 79.0 Å². The zero-order valence-electron chi connectivity index (χ0n) is 7.43. The van der Waals surface area contributed by atoms with Crippen LogP contribution >= 0.6 is 0 Å². The zero-order valence-corrected chi connectivity index (χ0v) is 7.43. The second-order valence-electron chi connectivity index (χ2n) is 2.89. The van der Waals surface area contributed by atoms with Gasteiger partial charge in [0.2, 0.25) is 0 Å². The molecule has 2 aromatic heterocycles. The maximum absolute atomic E-state index is 10.9. The lowest BCUT2D eigenvalue weighted by atomic mass is 10.3. The molecule has 0 amide bonds. The van der Waals surface area contributed by atoms with Crippen LogP contribution in [0.25, 0.3) is 11.0 Å². The van der Waals surface area contributed by atoms with Gasteiger partial charge in [0.05, 0.1) is 11.1 Å². The number of nitrogens with two attached hydrogens (primary N) is 1. The van der Waals surface area contributed by atoms with E-state index >= 15 is 0 Å². The first-order chi connectivity index (χ1) is 6.63. The average Bonchev–Trinajstić information content (AvgIpc) is 2.41. The summed E-state index contributed by atoms with van der Waals surface area (Å²) in [5.41, 5.74) is 6.43. The number of aryl methyl sites for hydroxylation is 1. The molecular weight excluding hydrogens is 184 g/mol. The molecule has 0 aliphatic carbocycles. The fraction of sp³-hybridized carbons (Fsp3) is 0.125. The van der Waals surface area contributed by atoms with Crippen LogP contribution in [0.2, 0.25) is 0 Å². The van der Waals surface area contributed by atoms with Crippen molar-refractivity contribution in [2.75, 3.05) is 5.73 Å². The summed E-state index contributed by atoms with van der Waals surface area (Å²) in [5, 5.41) is 9.46. The van der Waals surface area contributed by atoms with E-state index in [1.807, 2.05) is 0 Å². The Morgan fingerprint density at radius 1 is 1.64 bits per heavy atom. The molecule has 14 heavy (non-hydrogen) atoms. The highest BCUT2D eigenvalue weighted by molar-refractivity contribution is 6.03. The van der Waals surface area contributed by atoms with E-state index in [9.17, 15) is 4.79 Å². The monoisotopic (exact) mass is 192 g/mol. The lowest BCUT2D eigenvalue weighted by Gasteiger charge is -1.97. The Morgan fingerprint density at radius 3 is 2.93 bits per heavy atom. The van der Waals surface area contributed by atoms with Crippen molar-refractivity contribution in [1.29, 1.82) is 0 Å². The Hall–Kier alpha value is -2.11. The Kier molecular flexibility index (Phi) is 1.63. The number of anilines is 1. The standard InChI is InChI=1S/C8H8N4O2/c1-12-6(8(13)14)5(9)4-2-10-3-11-7(4)12/h2-3H,9H2,1H3,(H,13,14). The van der Waals surface area contributed by atoms with Crippen LogP contribution in [0.5, 0.6) is 0 Å². The molecule has 0 aliphatic rings. The molecule has 0 saturated carbocycles. The molecular formula is C8H8N4O2. The molecule has 0 spiro atoms. The second kappa shape index (κ2) is 2.69. The number of nitrogen functional groups attached to an aromatic ring is 1. The fourth-order valence-electron chi connectivity index (χ4n) is 1.45. The molecule has 0 aromatic carbocycles. The molecule has 3 N–H and O–H groups in total. The summed E-state index contributed by atoms with van der Waals surface area (Å²) in [6, 6.07) is 0. The van der Waals surface area contributed by atoms with Crippen molar-refractivity contribution in [1.82, 2.24) is 14.5 Å². The summed E-state index contributed by atoms with van der Waals surface area (Å²) in [5.74, 6) is -1.07. The van der Waals surface area contributed by atoms with Crippen LogP contribution in [0, 0.1) is 0 Å². The minimum Gasteiger partial charge on any atom is -0.477 e. The summed E-state index contributed by atoms with van der Waals surface area (Å²) in [6.45, 7) is 0. The molecule has 72 valence electrons. The van der Waals surface area contributed by atoms with E-state index in [1.54, 1.807) is 7.05 Å². The minimum absolute atomic E-state index is 0.0421. The van der Waals surface area contributed by atoms with Crippen molar-refractivity contribution in [3.05, 3.63) is 18.2 Å². The number of carboxylic acid groups (broad SMARTS) is 1. The van der Waals surface area contributed by atoms with Gasteiger partial charge < -0.3 is 15.4 Å². The number of hydrogen-bond acceptors (Lipinski definition) is 4. The average molecular weight is 192 g/mol. The summed E-state index contributed by atoms with van der Waals surface area (Å²) < 4.78 is 1.44. The van der Waals surface area contributed by atoms with Gasteiger partial charge in [-0.15, -0.1) is 0 Å². The van der Waals surface area contributed by atoms with E-state index in [2.05, 4.69) is 9.97 Å². The van der Waals surface area contributed by atoms with Crippen molar-refractivity contribution in [3.8, 4) is 0 Å². The van der Waals surface area contributed by atoms with Crippen LogP contribution in [0.15, 0.2) is 12.5 Å². The van der Waals surface area contributed by atoms with Gasteiger partial charge in [0.15, 0.2) is 5.69 Å². The predicted octanol–water partition coefficient (Wildman–Crippen LogP) is 0.249. The molecule has 0 aliphatic heterocycles. The largest absolute Gasteiger partial charge is 0.477 e. The summed E-state index contributed by atoms with van der Waals surface area (Å²) >= 11 is 0. The molecule has 0 bridgehead atoms. The highest BCUT2D eigenvalue weighted by Gasteiger charge is 2.18. The van der Waals surface area contributed by atoms with E-state index < -0.39 is 5.97 Å². The smallest absolute Gasteiger partial charge is 0.354 e. The molecule has 0 fully saturated rings. The quantitative estimate of drug-likeness (QED) is 0.675. The molecule has 6 nitrogen and oxygen atoms in total.